The Hall–Kier alpha value is -0.400. The summed E-state index contributed by atoms with van der Waals surface area (Å²) in [6.07, 6.45) is 0. The van der Waals surface area contributed by atoms with Gasteiger partial charge in [-0.1, -0.05) is 17.7 Å². The Morgan fingerprint density at radius 2 is 2.08 bits per heavy atom. The number of rotatable bonds is 2. The summed E-state index contributed by atoms with van der Waals surface area (Å²) in [5.74, 6) is 1.13. The summed E-state index contributed by atoms with van der Waals surface area (Å²) >= 11 is 11.7. The lowest BCUT2D eigenvalue weighted by Crippen LogP contribution is -1.91. The van der Waals surface area contributed by atoms with E-state index in [4.69, 9.17) is 27.9 Å². The van der Waals surface area contributed by atoms with Crippen molar-refractivity contribution in [2.24, 2.45) is 0 Å². The third kappa shape index (κ3) is 1.67. The molecule has 0 atom stereocenters. The van der Waals surface area contributed by atoms with Gasteiger partial charge in [-0.2, -0.15) is 0 Å². The molecule has 0 radical (unpaired) electrons. The predicted octanol–water partition coefficient (Wildman–Crippen LogP) is 3.40. The van der Waals surface area contributed by atoms with Crippen LogP contribution in [0.5, 0.6) is 5.75 Å². The molecule has 0 aliphatic heterocycles. The second-order valence-corrected chi connectivity index (χ2v) is 3.16. The Bertz CT molecular complexity index is 284. The number of benzene rings is 1. The van der Waals surface area contributed by atoms with E-state index in [1.165, 1.54) is 0 Å². The van der Waals surface area contributed by atoms with Crippen LogP contribution in [-0.4, -0.2) is 7.11 Å². The standard InChI is InChI=1S/C9H10Cl2O/c1-6-3-4-8(12-2)7(5-10)9(6)11/h3-4H,5H2,1-2H3. The van der Waals surface area contributed by atoms with Crippen LogP contribution in [0.2, 0.25) is 5.02 Å². The monoisotopic (exact) mass is 204 g/mol. The van der Waals surface area contributed by atoms with Gasteiger partial charge >= 0.3 is 0 Å². The maximum absolute atomic E-state index is 6.01. The van der Waals surface area contributed by atoms with Gasteiger partial charge in [0.2, 0.25) is 0 Å². The van der Waals surface area contributed by atoms with Crippen molar-refractivity contribution in [3.05, 3.63) is 28.3 Å². The van der Waals surface area contributed by atoms with E-state index < -0.39 is 0 Å². The highest BCUT2D eigenvalue weighted by Gasteiger charge is 2.08. The number of halogens is 2. The van der Waals surface area contributed by atoms with Crippen molar-refractivity contribution in [2.75, 3.05) is 7.11 Å². The lowest BCUT2D eigenvalue weighted by atomic mass is 10.1. The number of hydrogen-bond acceptors (Lipinski definition) is 1. The van der Waals surface area contributed by atoms with Crippen LogP contribution in [0, 0.1) is 6.92 Å². The molecular weight excluding hydrogens is 195 g/mol. The van der Waals surface area contributed by atoms with Crippen molar-refractivity contribution in [1.29, 1.82) is 0 Å². The van der Waals surface area contributed by atoms with E-state index in [2.05, 4.69) is 0 Å². The van der Waals surface area contributed by atoms with Gasteiger partial charge < -0.3 is 4.74 Å². The second kappa shape index (κ2) is 4.01. The molecular formula is C9H10Cl2O. The van der Waals surface area contributed by atoms with Crippen molar-refractivity contribution >= 4 is 23.2 Å². The van der Waals surface area contributed by atoms with E-state index in [9.17, 15) is 0 Å². The molecule has 0 aromatic heterocycles. The first kappa shape index (κ1) is 9.69. The summed E-state index contributed by atoms with van der Waals surface area (Å²) in [4.78, 5) is 0. The van der Waals surface area contributed by atoms with Crippen LogP contribution < -0.4 is 4.74 Å². The zero-order chi connectivity index (χ0) is 9.14. The molecule has 0 saturated carbocycles. The van der Waals surface area contributed by atoms with Crippen LogP contribution in [0.1, 0.15) is 11.1 Å². The molecule has 0 saturated heterocycles. The fraction of sp³-hybridized carbons (Fsp3) is 0.333. The second-order valence-electron chi connectivity index (χ2n) is 2.51. The van der Waals surface area contributed by atoms with E-state index in [1.54, 1.807) is 7.11 Å². The highest BCUT2D eigenvalue weighted by atomic mass is 35.5. The number of methoxy groups -OCH3 is 1. The number of aryl methyl sites for hydroxylation is 1. The summed E-state index contributed by atoms with van der Waals surface area (Å²) in [5.41, 5.74) is 1.88. The summed E-state index contributed by atoms with van der Waals surface area (Å²) in [7, 11) is 1.61. The van der Waals surface area contributed by atoms with Gasteiger partial charge in [0.25, 0.3) is 0 Å². The summed E-state index contributed by atoms with van der Waals surface area (Å²) < 4.78 is 5.10. The molecule has 0 unspecified atom stereocenters. The average Bonchev–Trinajstić information content (AvgIpc) is 2.09. The Morgan fingerprint density at radius 3 is 2.58 bits per heavy atom. The lowest BCUT2D eigenvalue weighted by Gasteiger charge is -2.09. The first-order chi connectivity index (χ1) is 5.70. The first-order valence-electron chi connectivity index (χ1n) is 3.58. The van der Waals surface area contributed by atoms with Gasteiger partial charge in [0, 0.05) is 5.56 Å². The number of alkyl halides is 1. The summed E-state index contributed by atoms with van der Waals surface area (Å²) in [6, 6.07) is 3.79. The minimum Gasteiger partial charge on any atom is -0.496 e. The minimum atomic E-state index is 0.379. The molecule has 1 nitrogen and oxygen atoms in total. The topological polar surface area (TPSA) is 9.23 Å². The fourth-order valence-corrected chi connectivity index (χ4v) is 1.59. The highest BCUT2D eigenvalue weighted by molar-refractivity contribution is 6.33. The van der Waals surface area contributed by atoms with Crippen LogP contribution in [0.15, 0.2) is 12.1 Å². The van der Waals surface area contributed by atoms with Crippen LogP contribution in [0.3, 0.4) is 0 Å². The quantitative estimate of drug-likeness (QED) is 0.672. The Balaban J connectivity index is 3.25. The molecule has 1 rings (SSSR count). The molecule has 1 aromatic carbocycles. The molecule has 0 bridgehead atoms. The van der Waals surface area contributed by atoms with Crippen LogP contribution in [0.4, 0.5) is 0 Å². The molecule has 0 fully saturated rings. The Labute approximate surface area is 82.2 Å². The van der Waals surface area contributed by atoms with Gasteiger partial charge in [-0.25, -0.2) is 0 Å². The Morgan fingerprint density at radius 1 is 1.42 bits per heavy atom. The molecule has 0 amide bonds. The molecule has 66 valence electrons. The van der Waals surface area contributed by atoms with Gasteiger partial charge in [-0.05, 0) is 18.6 Å². The van der Waals surface area contributed by atoms with Gasteiger partial charge in [0.1, 0.15) is 5.75 Å². The third-order valence-corrected chi connectivity index (χ3v) is 2.54. The van der Waals surface area contributed by atoms with Gasteiger partial charge in [0.15, 0.2) is 0 Å². The Kier molecular flexibility index (Phi) is 3.24. The molecule has 0 heterocycles. The zero-order valence-corrected chi connectivity index (χ0v) is 8.54. The number of ether oxygens (including phenoxy) is 1. The van der Waals surface area contributed by atoms with Gasteiger partial charge in [-0.3, -0.25) is 0 Å². The summed E-state index contributed by atoms with van der Waals surface area (Å²) in [5, 5.41) is 0.698. The smallest absolute Gasteiger partial charge is 0.124 e. The van der Waals surface area contributed by atoms with Crippen LogP contribution >= 0.6 is 23.2 Å². The van der Waals surface area contributed by atoms with Gasteiger partial charge in [-0.15, -0.1) is 11.6 Å². The maximum Gasteiger partial charge on any atom is 0.124 e. The van der Waals surface area contributed by atoms with E-state index in [0.29, 0.717) is 10.9 Å². The SMILES string of the molecule is COc1ccc(C)c(Cl)c1CCl. The molecule has 0 aliphatic rings. The maximum atomic E-state index is 6.01. The van der Waals surface area contributed by atoms with Crippen LogP contribution in [0.25, 0.3) is 0 Å². The lowest BCUT2D eigenvalue weighted by molar-refractivity contribution is 0.411. The third-order valence-electron chi connectivity index (χ3n) is 1.75. The van der Waals surface area contributed by atoms with Crippen molar-refractivity contribution in [3.8, 4) is 5.75 Å². The summed E-state index contributed by atoms with van der Waals surface area (Å²) in [6.45, 7) is 1.94. The molecule has 3 heteroatoms. The van der Waals surface area contributed by atoms with Crippen molar-refractivity contribution in [3.63, 3.8) is 0 Å². The van der Waals surface area contributed by atoms with E-state index in [1.807, 2.05) is 19.1 Å². The first-order valence-corrected chi connectivity index (χ1v) is 4.50. The van der Waals surface area contributed by atoms with Crippen molar-refractivity contribution in [1.82, 2.24) is 0 Å². The largest absolute Gasteiger partial charge is 0.496 e. The average molecular weight is 205 g/mol. The highest BCUT2D eigenvalue weighted by Crippen LogP contribution is 2.30. The molecule has 0 aliphatic carbocycles. The fourth-order valence-electron chi connectivity index (χ4n) is 1.04. The normalized spacial score (nSPS) is 10.0. The van der Waals surface area contributed by atoms with E-state index >= 15 is 0 Å². The molecule has 1 aromatic rings. The van der Waals surface area contributed by atoms with E-state index in [0.717, 1.165) is 16.9 Å². The number of hydrogen-bond donors (Lipinski definition) is 0. The minimum absolute atomic E-state index is 0.379. The van der Waals surface area contributed by atoms with E-state index in [-0.39, 0.29) is 0 Å². The predicted molar refractivity (Wildman–Crippen MR) is 52.3 cm³/mol. The molecule has 0 N–H and O–H groups in total. The van der Waals surface area contributed by atoms with Crippen molar-refractivity contribution in [2.45, 2.75) is 12.8 Å². The molecule has 0 spiro atoms. The zero-order valence-electron chi connectivity index (χ0n) is 7.03. The van der Waals surface area contributed by atoms with Gasteiger partial charge in [0.05, 0.1) is 18.0 Å². The van der Waals surface area contributed by atoms with Crippen molar-refractivity contribution < 1.29 is 4.74 Å². The molecule has 12 heavy (non-hydrogen) atoms. The van der Waals surface area contributed by atoms with Crippen LogP contribution in [-0.2, 0) is 5.88 Å².